The number of aryl methyl sites for hydroxylation is 1. The van der Waals surface area contributed by atoms with Crippen LogP contribution in [-0.2, 0) is 4.74 Å². The van der Waals surface area contributed by atoms with Crippen LogP contribution < -0.4 is 0 Å². The Labute approximate surface area is 125 Å². The fraction of sp³-hybridized carbons (Fsp3) is 0.308. The van der Waals surface area contributed by atoms with Crippen molar-refractivity contribution in [3.8, 4) is 5.82 Å². The summed E-state index contributed by atoms with van der Waals surface area (Å²) in [4.78, 5) is 16.1. The highest BCUT2D eigenvalue weighted by atomic mass is 127. The van der Waals surface area contributed by atoms with E-state index in [1.165, 1.54) is 6.20 Å². The number of esters is 1. The van der Waals surface area contributed by atoms with Gasteiger partial charge in [0.15, 0.2) is 5.82 Å². The molecule has 100 valence electrons. The van der Waals surface area contributed by atoms with Crippen LogP contribution in [0.3, 0.4) is 0 Å². The molecule has 0 aliphatic heterocycles. The molecule has 2 heterocycles. The van der Waals surface area contributed by atoms with Gasteiger partial charge in [0.05, 0.1) is 18.5 Å². The first-order valence-corrected chi connectivity index (χ1v) is 6.96. The van der Waals surface area contributed by atoms with Gasteiger partial charge in [-0.25, -0.2) is 14.5 Å². The normalized spacial score (nSPS) is 10.5. The number of ether oxygens (including phenoxy) is 1. The molecule has 2 rings (SSSR count). The quantitative estimate of drug-likeness (QED) is 0.615. The zero-order valence-electron chi connectivity index (χ0n) is 11.0. The van der Waals surface area contributed by atoms with Crippen molar-refractivity contribution >= 4 is 28.6 Å². The molecule has 0 saturated heterocycles. The van der Waals surface area contributed by atoms with Gasteiger partial charge in [0.1, 0.15) is 5.56 Å². The standard InChI is InChI=1S/C13H14IN3O2/c1-4-19-13(18)10-6-16-17(9(10)3)12-5-8(2)11(14)7-15-12/h5-7H,4H2,1-3H3. The molecule has 0 aromatic carbocycles. The first kappa shape index (κ1) is 14.0. The van der Waals surface area contributed by atoms with Crippen LogP contribution in [-0.4, -0.2) is 27.3 Å². The van der Waals surface area contributed by atoms with Gasteiger partial charge in [0.25, 0.3) is 0 Å². The highest BCUT2D eigenvalue weighted by molar-refractivity contribution is 14.1. The van der Waals surface area contributed by atoms with E-state index in [1.54, 1.807) is 17.8 Å². The number of halogens is 1. The van der Waals surface area contributed by atoms with Gasteiger partial charge in [-0.1, -0.05) is 0 Å². The lowest BCUT2D eigenvalue weighted by Crippen LogP contribution is -2.07. The lowest BCUT2D eigenvalue weighted by atomic mass is 10.2. The number of rotatable bonds is 3. The van der Waals surface area contributed by atoms with Crippen molar-refractivity contribution in [2.75, 3.05) is 6.61 Å². The van der Waals surface area contributed by atoms with Crippen LogP contribution >= 0.6 is 22.6 Å². The maximum absolute atomic E-state index is 11.7. The molecule has 0 aliphatic rings. The summed E-state index contributed by atoms with van der Waals surface area (Å²) >= 11 is 2.23. The molecule has 2 aromatic rings. The van der Waals surface area contributed by atoms with Crippen molar-refractivity contribution in [3.63, 3.8) is 0 Å². The van der Waals surface area contributed by atoms with Gasteiger partial charge in [-0.2, -0.15) is 5.10 Å². The second kappa shape index (κ2) is 5.68. The molecule has 19 heavy (non-hydrogen) atoms. The van der Waals surface area contributed by atoms with E-state index in [-0.39, 0.29) is 5.97 Å². The Balaban J connectivity index is 2.41. The van der Waals surface area contributed by atoms with Gasteiger partial charge >= 0.3 is 5.97 Å². The number of aromatic nitrogens is 3. The Kier molecular flexibility index (Phi) is 4.18. The van der Waals surface area contributed by atoms with E-state index in [9.17, 15) is 4.79 Å². The van der Waals surface area contributed by atoms with Crippen molar-refractivity contribution in [3.05, 3.63) is 38.9 Å². The molecule has 0 radical (unpaired) electrons. The third-order valence-corrected chi connectivity index (χ3v) is 3.88. The third-order valence-electron chi connectivity index (χ3n) is 2.75. The molecular formula is C13H14IN3O2. The van der Waals surface area contributed by atoms with Gasteiger partial charge in [0.2, 0.25) is 0 Å². The average molecular weight is 371 g/mol. The Morgan fingerprint density at radius 2 is 2.16 bits per heavy atom. The average Bonchev–Trinajstić information content (AvgIpc) is 2.75. The first-order chi connectivity index (χ1) is 9.04. The minimum atomic E-state index is -0.353. The lowest BCUT2D eigenvalue weighted by Gasteiger charge is -2.06. The van der Waals surface area contributed by atoms with Crippen molar-refractivity contribution < 1.29 is 9.53 Å². The van der Waals surface area contributed by atoms with Crippen LogP contribution in [0.5, 0.6) is 0 Å². The number of hydrogen-bond donors (Lipinski definition) is 0. The summed E-state index contributed by atoms with van der Waals surface area (Å²) in [6.07, 6.45) is 3.30. The van der Waals surface area contributed by atoms with E-state index in [1.807, 2.05) is 19.9 Å². The summed E-state index contributed by atoms with van der Waals surface area (Å²) in [7, 11) is 0. The number of pyridine rings is 1. The highest BCUT2D eigenvalue weighted by Gasteiger charge is 2.16. The van der Waals surface area contributed by atoms with E-state index in [0.29, 0.717) is 18.0 Å². The molecule has 0 N–H and O–H groups in total. The second-order valence-electron chi connectivity index (χ2n) is 4.07. The lowest BCUT2D eigenvalue weighted by molar-refractivity contribution is 0.0525. The first-order valence-electron chi connectivity index (χ1n) is 5.88. The summed E-state index contributed by atoms with van der Waals surface area (Å²) in [5.74, 6) is 0.347. The molecule has 6 heteroatoms. The second-order valence-corrected chi connectivity index (χ2v) is 5.23. The van der Waals surface area contributed by atoms with Gasteiger partial charge < -0.3 is 4.74 Å². The van der Waals surface area contributed by atoms with E-state index in [4.69, 9.17) is 4.74 Å². The molecule has 5 nitrogen and oxygen atoms in total. The molecule has 0 aliphatic carbocycles. The fourth-order valence-corrected chi connectivity index (χ4v) is 1.99. The highest BCUT2D eigenvalue weighted by Crippen LogP contribution is 2.17. The molecule has 0 amide bonds. The van der Waals surface area contributed by atoms with Crippen molar-refractivity contribution in [2.24, 2.45) is 0 Å². The topological polar surface area (TPSA) is 57.0 Å². The van der Waals surface area contributed by atoms with Crippen LogP contribution in [0.1, 0.15) is 28.5 Å². The predicted molar refractivity (Wildman–Crippen MR) is 79.5 cm³/mol. The third kappa shape index (κ3) is 2.78. The van der Waals surface area contributed by atoms with E-state index in [2.05, 4.69) is 32.7 Å². The Morgan fingerprint density at radius 1 is 1.42 bits per heavy atom. The zero-order chi connectivity index (χ0) is 14.0. The minimum absolute atomic E-state index is 0.352. The van der Waals surface area contributed by atoms with Crippen LogP contribution in [0.2, 0.25) is 0 Å². The van der Waals surface area contributed by atoms with E-state index in [0.717, 1.165) is 14.8 Å². The Morgan fingerprint density at radius 3 is 2.79 bits per heavy atom. The molecule has 0 atom stereocenters. The van der Waals surface area contributed by atoms with E-state index < -0.39 is 0 Å². The van der Waals surface area contributed by atoms with Crippen LogP contribution in [0.15, 0.2) is 18.5 Å². The molecular weight excluding hydrogens is 357 g/mol. The minimum Gasteiger partial charge on any atom is -0.462 e. The summed E-state index contributed by atoms with van der Waals surface area (Å²) < 4.78 is 7.73. The Hall–Kier alpha value is -1.44. The molecule has 0 spiro atoms. The summed E-state index contributed by atoms with van der Waals surface area (Å²) in [5.41, 5.74) is 2.32. The maximum atomic E-state index is 11.7. The monoisotopic (exact) mass is 371 g/mol. The molecule has 0 fully saturated rings. The molecule has 0 saturated carbocycles. The van der Waals surface area contributed by atoms with Crippen LogP contribution in [0.25, 0.3) is 5.82 Å². The smallest absolute Gasteiger partial charge is 0.341 e. The number of carbonyl (C=O) groups excluding carboxylic acids is 1. The molecule has 0 unspecified atom stereocenters. The molecule has 0 bridgehead atoms. The predicted octanol–water partition coefficient (Wildman–Crippen LogP) is 2.67. The summed E-state index contributed by atoms with van der Waals surface area (Å²) in [5, 5.41) is 4.21. The number of carbonyl (C=O) groups is 1. The maximum Gasteiger partial charge on any atom is 0.341 e. The van der Waals surface area contributed by atoms with Crippen molar-refractivity contribution in [1.29, 1.82) is 0 Å². The SMILES string of the molecule is CCOC(=O)c1cnn(-c2cc(C)c(I)cn2)c1C. The van der Waals surface area contributed by atoms with E-state index >= 15 is 0 Å². The van der Waals surface area contributed by atoms with Gasteiger partial charge in [-0.15, -0.1) is 0 Å². The molecule has 2 aromatic heterocycles. The van der Waals surface area contributed by atoms with Gasteiger partial charge in [-0.05, 0) is 55.0 Å². The number of nitrogens with zero attached hydrogens (tertiary/aromatic N) is 3. The van der Waals surface area contributed by atoms with Crippen molar-refractivity contribution in [1.82, 2.24) is 14.8 Å². The van der Waals surface area contributed by atoms with Crippen LogP contribution in [0.4, 0.5) is 0 Å². The number of hydrogen-bond acceptors (Lipinski definition) is 4. The van der Waals surface area contributed by atoms with Crippen molar-refractivity contribution in [2.45, 2.75) is 20.8 Å². The zero-order valence-corrected chi connectivity index (χ0v) is 13.1. The van der Waals surface area contributed by atoms with Gasteiger partial charge in [-0.3, -0.25) is 0 Å². The summed E-state index contributed by atoms with van der Waals surface area (Å²) in [6.45, 7) is 5.97. The van der Waals surface area contributed by atoms with Gasteiger partial charge in [0, 0.05) is 9.77 Å². The Bertz CT molecular complexity index is 622. The largest absolute Gasteiger partial charge is 0.462 e. The summed E-state index contributed by atoms with van der Waals surface area (Å²) in [6, 6.07) is 1.94. The van der Waals surface area contributed by atoms with Crippen LogP contribution in [0, 0.1) is 17.4 Å². The fourth-order valence-electron chi connectivity index (χ4n) is 1.69.